The molecule has 0 spiro atoms. The first-order valence-corrected chi connectivity index (χ1v) is 14.7. The Balaban J connectivity index is 3.23. The number of nitrogens with two attached hydrogens (primary N) is 1. The van der Waals surface area contributed by atoms with Crippen molar-refractivity contribution < 1.29 is 19.5 Å². The zero-order valence-corrected chi connectivity index (χ0v) is 22.9. The zero-order valence-electron chi connectivity index (χ0n) is 22.0. The highest BCUT2D eigenvalue weighted by Crippen LogP contribution is 2.14. The van der Waals surface area contributed by atoms with Crippen molar-refractivity contribution >= 4 is 30.4 Å². The van der Waals surface area contributed by atoms with E-state index in [1.807, 2.05) is 0 Å². The van der Waals surface area contributed by atoms with Gasteiger partial charge in [0, 0.05) is 25.1 Å². The Kier molecular flexibility index (Phi) is 24.9. The van der Waals surface area contributed by atoms with Gasteiger partial charge in [0.15, 0.2) is 0 Å². The number of primary amides is 1. The van der Waals surface area contributed by atoms with Crippen LogP contribution in [0.5, 0.6) is 0 Å². The number of hydrogen-bond acceptors (Lipinski definition) is 5. The fourth-order valence-corrected chi connectivity index (χ4v) is 4.44. The molecule has 35 heavy (non-hydrogen) atoms. The summed E-state index contributed by atoms with van der Waals surface area (Å²) in [5.74, 6) is -0.518. The number of carboxylic acids is 1. The van der Waals surface area contributed by atoms with E-state index in [2.05, 4.69) is 23.3 Å². The summed E-state index contributed by atoms with van der Waals surface area (Å²) in [4.78, 5) is 33.4. The summed E-state index contributed by atoms with van der Waals surface area (Å²) >= 11 is 4.09. The minimum absolute atomic E-state index is 0.140. The number of unbranched alkanes of at least 4 members (excludes halogenated alkanes) is 16. The van der Waals surface area contributed by atoms with Crippen molar-refractivity contribution in [1.29, 1.82) is 0 Å². The number of carbonyl (C=O) groups is 3. The molecule has 5 N–H and O–H groups in total. The predicted octanol–water partition coefficient (Wildman–Crippen LogP) is 5.36. The molecule has 0 aromatic carbocycles. The number of carboxylic acid groups (broad SMARTS) is 1. The van der Waals surface area contributed by atoms with Crippen molar-refractivity contribution in [3.05, 3.63) is 0 Å². The molecule has 0 aromatic rings. The van der Waals surface area contributed by atoms with Crippen LogP contribution in [0.25, 0.3) is 0 Å². The minimum Gasteiger partial charge on any atom is -0.481 e. The molecule has 0 saturated carbocycles. The van der Waals surface area contributed by atoms with Gasteiger partial charge in [-0.15, -0.1) is 0 Å². The van der Waals surface area contributed by atoms with Gasteiger partial charge in [0.1, 0.15) is 0 Å². The Morgan fingerprint density at radius 1 is 0.629 bits per heavy atom. The third-order valence-corrected chi connectivity index (χ3v) is 6.75. The van der Waals surface area contributed by atoms with Crippen LogP contribution in [-0.2, 0) is 14.4 Å². The van der Waals surface area contributed by atoms with E-state index < -0.39 is 5.97 Å². The summed E-state index contributed by atoms with van der Waals surface area (Å²) in [6.45, 7) is 1.38. The molecule has 0 radical (unpaired) electrons. The first-order valence-electron chi connectivity index (χ1n) is 14.1. The van der Waals surface area contributed by atoms with Crippen LogP contribution in [0.2, 0.25) is 0 Å². The van der Waals surface area contributed by atoms with E-state index in [0.717, 1.165) is 38.5 Å². The van der Waals surface area contributed by atoms with Crippen molar-refractivity contribution in [2.45, 2.75) is 134 Å². The molecular formula is C27H53N3O4S. The molecule has 0 aliphatic rings. The number of rotatable bonds is 27. The summed E-state index contributed by atoms with van der Waals surface area (Å²) in [5.41, 5.74) is 5.25. The van der Waals surface area contributed by atoms with Crippen LogP contribution in [0.15, 0.2) is 0 Å². The molecule has 7 nitrogen and oxygen atoms in total. The van der Waals surface area contributed by atoms with Gasteiger partial charge in [-0.3, -0.25) is 14.4 Å². The van der Waals surface area contributed by atoms with Crippen molar-refractivity contribution in [3.63, 3.8) is 0 Å². The predicted molar refractivity (Wildman–Crippen MR) is 148 cm³/mol. The van der Waals surface area contributed by atoms with Gasteiger partial charge < -0.3 is 21.5 Å². The topological polar surface area (TPSA) is 122 Å². The van der Waals surface area contributed by atoms with E-state index in [0.29, 0.717) is 31.7 Å². The molecule has 0 heterocycles. The van der Waals surface area contributed by atoms with Crippen molar-refractivity contribution in [1.82, 2.24) is 10.6 Å². The highest BCUT2D eigenvalue weighted by molar-refractivity contribution is 7.80. The molecule has 0 aliphatic heterocycles. The quantitative estimate of drug-likeness (QED) is 0.0744. The summed E-state index contributed by atoms with van der Waals surface area (Å²) in [7, 11) is 0. The second-order valence-corrected chi connectivity index (χ2v) is 10.1. The van der Waals surface area contributed by atoms with E-state index in [-0.39, 0.29) is 17.9 Å². The van der Waals surface area contributed by atoms with E-state index >= 15 is 0 Å². The van der Waals surface area contributed by atoms with Gasteiger partial charge in [-0.2, -0.15) is 12.6 Å². The summed E-state index contributed by atoms with van der Waals surface area (Å²) in [6, 6.07) is -0.385. The number of amides is 2. The van der Waals surface area contributed by atoms with Gasteiger partial charge in [0.05, 0.1) is 6.04 Å². The standard InChI is InChI=1S/C27H53N3O4S/c28-27(34)24(23-35)29-21-17-18-22-30-25(31)19-15-13-11-9-7-5-3-1-2-4-6-8-10-12-14-16-20-26(32)33/h24,29,35H,1-23H2,(H2,28,34)(H,30,31)(H,32,33). The average molecular weight is 516 g/mol. The summed E-state index contributed by atoms with van der Waals surface area (Å²) in [5, 5.41) is 14.6. The molecule has 0 bridgehead atoms. The third-order valence-electron chi connectivity index (χ3n) is 6.39. The highest BCUT2D eigenvalue weighted by atomic mass is 32.1. The number of aliphatic carboxylic acids is 1. The maximum absolute atomic E-state index is 11.9. The molecule has 0 aromatic heterocycles. The van der Waals surface area contributed by atoms with Crippen LogP contribution in [0.1, 0.15) is 128 Å². The van der Waals surface area contributed by atoms with Crippen molar-refractivity contribution in [2.24, 2.45) is 5.73 Å². The minimum atomic E-state index is -0.675. The Bertz CT molecular complexity index is 535. The Labute approximate surface area is 219 Å². The van der Waals surface area contributed by atoms with Crippen molar-refractivity contribution in [3.8, 4) is 0 Å². The smallest absolute Gasteiger partial charge is 0.303 e. The van der Waals surface area contributed by atoms with E-state index in [1.54, 1.807) is 0 Å². The second kappa shape index (κ2) is 25.8. The van der Waals surface area contributed by atoms with Crippen LogP contribution >= 0.6 is 12.6 Å². The van der Waals surface area contributed by atoms with Crippen LogP contribution in [0, 0.1) is 0 Å². The molecule has 0 saturated heterocycles. The molecule has 2 amide bonds. The highest BCUT2D eigenvalue weighted by Gasteiger charge is 2.11. The van der Waals surface area contributed by atoms with E-state index in [9.17, 15) is 14.4 Å². The van der Waals surface area contributed by atoms with E-state index in [4.69, 9.17) is 10.8 Å². The fourth-order valence-electron chi connectivity index (χ4n) is 4.13. The number of nitrogens with one attached hydrogen (secondary N) is 2. The average Bonchev–Trinajstić information content (AvgIpc) is 2.82. The van der Waals surface area contributed by atoms with Gasteiger partial charge in [0.25, 0.3) is 0 Å². The van der Waals surface area contributed by atoms with Crippen LogP contribution in [0.3, 0.4) is 0 Å². The van der Waals surface area contributed by atoms with Crippen molar-refractivity contribution in [2.75, 3.05) is 18.8 Å². The second-order valence-electron chi connectivity index (χ2n) is 9.70. The van der Waals surface area contributed by atoms with Gasteiger partial charge in [-0.05, 0) is 32.2 Å². The lowest BCUT2D eigenvalue weighted by Crippen LogP contribution is -2.43. The van der Waals surface area contributed by atoms with Gasteiger partial charge in [0.2, 0.25) is 11.8 Å². The fraction of sp³-hybridized carbons (Fsp3) is 0.889. The normalized spacial score (nSPS) is 11.9. The Hall–Kier alpha value is -1.28. The van der Waals surface area contributed by atoms with Gasteiger partial charge in [-0.1, -0.05) is 89.9 Å². The largest absolute Gasteiger partial charge is 0.481 e. The Morgan fingerprint density at radius 2 is 1.03 bits per heavy atom. The van der Waals surface area contributed by atoms with Crippen LogP contribution in [-0.4, -0.2) is 47.8 Å². The number of thiol groups is 1. The lowest BCUT2D eigenvalue weighted by molar-refractivity contribution is -0.137. The SMILES string of the molecule is NC(=O)C(CS)NCCCCNC(=O)CCCCCCCCCCCCCCCCCCC(=O)O. The lowest BCUT2D eigenvalue weighted by Gasteiger charge is -2.12. The van der Waals surface area contributed by atoms with Crippen LogP contribution in [0.4, 0.5) is 0 Å². The molecule has 8 heteroatoms. The van der Waals surface area contributed by atoms with Crippen LogP contribution < -0.4 is 16.4 Å². The molecule has 1 atom stereocenters. The van der Waals surface area contributed by atoms with E-state index in [1.165, 1.54) is 77.0 Å². The summed E-state index contributed by atoms with van der Waals surface area (Å²) in [6.07, 6.45) is 22.2. The molecule has 0 fully saturated rings. The number of carbonyl (C=O) groups excluding carboxylic acids is 2. The molecular weight excluding hydrogens is 462 g/mol. The molecule has 206 valence electrons. The zero-order chi connectivity index (χ0) is 26.0. The molecule has 0 rings (SSSR count). The molecule has 0 aliphatic carbocycles. The molecule has 1 unspecified atom stereocenters. The van der Waals surface area contributed by atoms with Gasteiger partial charge in [-0.25, -0.2) is 0 Å². The monoisotopic (exact) mass is 515 g/mol. The first-order chi connectivity index (χ1) is 17.0. The first kappa shape index (κ1) is 33.7. The maximum Gasteiger partial charge on any atom is 0.303 e. The third kappa shape index (κ3) is 25.6. The summed E-state index contributed by atoms with van der Waals surface area (Å²) < 4.78 is 0. The van der Waals surface area contributed by atoms with Gasteiger partial charge >= 0.3 is 5.97 Å². The maximum atomic E-state index is 11.9. The Morgan fingerprint density at radius 3 is 1.43 bits per heavy atom. The number of hydrogen-bond donors (Lipinski definition) is 5. The lowest BCUT2D eigenvalue weighted by atomic mass is 10.0.